The van der Waals surface area contributed by atoms with Gasteiger partial charge >= 0.3 is 0 Å². The smallest absolute Gasteiger partial charge is 0.253 e. The Morgan fingerprint density at radius 1 is 1.13 bits per heavy atom. The first-order valence-electron chi connectivity index (χ1n) is 10.3. The maximum absolute atomic E-state index is 13.1. The Labute approximate surface area is 182 Å². The van der Waals surface area contributed by atoms with Gasteiger partial charge in [0.2, 0.25) is 0 Å². The molecule has 0 aliphatic carbocycles. The number of piperazine rings is 2. The summed E-state index contributed by atoms with van der Waals surface area (Å²) in [5.74, 6) is 0.270. The lowest BCUT2D eigenvalue weighted by Gasteiger charge is -2.56. The van der Waals surface area contributed by atoms with Gasteiger partial charge in [0.25, 0.3) is 5.91 Å². The zero-order valence-corrected chi connectivity index (χ0v) is 17.9. The summed E-state index contributed by atoms with van der Waals surface area (Å²) in [6.07, 6.45) is 0. The lowest BCUT2D eigenvalue weighted by Crippen LogP contribution is -2.72. The number of aromatic hydroxyl groups is 1. The van der Waals surface area contributed by atoms with Crippen LogP contribution in [0.4, 0.5) is 0 Å². The Balaban J connectivity index is 1.52. The molecule has 160 valence electrons. The van der Waals surface area contributed by atoms with E-state index in [0.717, 1.165) is 25.2 Å². The summed E-state index contributed by atoms with van der Waals surface area (Å²) in [5, 5.41) is 20.9. The number of carbonyl (C=O) groups is 1. The maximum Gasteiger partial charge on any atom is 0.253 e. The van der Waals surface area contributed by atoms with Crippen LogP contribution in [-0.2, 0) is 6.54 Å². The number of fused-ring (bicyclic) bond motifs is 1. The second kappa shape index (κ2) is 8.55. The summed E-state index contributed by atoms with van der Waals surface area (Å²) < 4.78 is 0. The fourth-order valence-corrected chi connectivity index (χ4v) is 4.83. The highest BCUT2D eigenvalue weighted by atomic mass is 35.5. The number of amides is 1. The number of hydrogen-bond acceptors (Lipinski definition) is 5. The molecule has 2 aliphatic rings. The van der Waals surface area contributed by atoms with Gasteiger partial charge in [0.05, 0.1) is 12.1 Å². The lowest BCUT2D eigenvalue weighted by atomic mass is 9.91. The number of phenolic OH excluding ortho intramolecular Hbond substituents is 1. The molecule has 2 saturated heterocycles. The number of aliphatic hydroxyl groups excluding tert-OH is 1. The highest BCUT2D eigenvalue weighted by molar-refractivity contribution is 6.30. The standard InChI is InChI=1S/C23H28ClN3O3/c1-23(16-28)15-26(22(30)17-6-8-19(24)9-7-17)14-20-13-25(10-11-27(20)23)12-18-4-2-3-5-21(18)29/h2-9,20,28-29H,10-16H2,1H3. The van der Waals surface area contributed by atoms with Gasteiger partial charge in [0.15, 0.2) is 0 Å². The van der Waals surface area contributed by atoms with E-state index in [-0.39, 0.29) is 18.6 Å². The van der Waals surface area contributed by atoms with Gasteiger partial charge in [0.1, 0.15) is 5.75 Å². The van der Waals surface area contributed by atoms with Crippen molar-refractivity contribution < 1.29 is 15.0 Å². The Morgan fingerprint density at radius 3 is 2.57 bits per heavy atom. The number of benzene rings is 2. The van der Waals surface area contributed by atoms with Gasteiger partial charge in [-0.25, -0.2) is 0 Å². The van der Waals surface area contributed by atoms with E-state index >= 15 is 0 Å². The predicted molar refractivity (Wildman–Crippen MR) is 117 cm³/mol. The third-order valence-electron chi connectivity index (χ3n) is 6.33. The van der Waals surface area contributed by atoms with Crippen molar-refractivity contribution in [3.8, 4) is 5.75 Å². The quantitative estimate of drug-likeness (QED) is 0.781. The second-order valence-electron chi connectivity index (χ2n) is 8.56. The van der Waals surface area contributed by atoms with Crippen LogP contribution in [0, 0.1) is 0 Å². The predicted octanol–water partition coefficient (Wildman–Crippen LogP) is 2.44. The van der Waals surface area contributed by atoms with Crippen LogP contribution < -0.4 is 0 Å². The van der Waals surface area contributed by atoms with Crippen molar-refractivity contribution in [3.05, 3.63) is 64.7 Å². The Kier molecular flexibility index (Phi) is 6.02. The van der Waals surface area contributed by atoms with Crippen LogP contribution >= 0.6 is 11.6 Å². The number of para-hydroxylation sites is 1. The Hall–Kier alpha value is -2.12. The van der Waals surface area contributed by atoms with Crippen molar-refractivity contribution in [1.82, 2.24) is 14.7 Å². The average Bonchev–Trinajstić information content (AvgIpc) is 2.75. The molecule has 0 spiro atoms. The average molecular weight is 430 g/mol. The molecule has 2 heterocycles. The first kappa shape index (κ1) is 21.1. The molecule has 0 saturated carbocycles. The van der Waals surface area contributed by atoms with Crippen LogP contribution in [0.15, 0.2) is 48.5 Å². The van der Waals surface area contributed by atoms with E-state index in [1.165, 1.54) is 0 Å². The monoisotopic (exact) mass is 429 g/mol. The molecule has 30 heavy (non-hydrogen) atoms. The molecule has 0 bridgehead atoms. The van der Waals surface area contributed by atoms with Crippen molar-refractivity contribution in [2.45, 2.75) is 25.0 Å². The zero-order valence-electron chi connectivity index (χ0n) is 17.2. The molecule has 2 aliphatic heterocycles. The highest BCUT2D eigenvalue weighted by Gasteiger charge is 2.46. The summed E-state index contributed by atoms with van der Waals surface area (Å²) in [6, 6.07) is 14.5. The van der Waals surface area contributed by atoms with Crippen molar-refractivity contribution in [1.29, 1.82) is 0 Å². The van der Waals surface area contributed by atoms with Crippen molar-refractivity contribution in [3.63, 3.8) is 0 Å². The molecule has 4 rings (SSSR count). The normalized spacial score (nSPS) is 25.2. The zero-order chi connectivity index (χ0) is 21.3. The first-order valence-corrected chi connectivity index (χ1v) is 10.7. The molecule has 2 N–H and O–H groups in total. The number of phenols is 1. The van der Waals surface area contributed by atoms with Gasteiger partial charge in [-0.05, 0) is 37.3 Å². The number of nitrogens with zero attached hydrogens (tertiary/aromatic N) is 3. The third-order valence-corrected chi connectivity index (χ3v) is 6.58. The second-order valence-corrected chi connectivity index (χ2v) is 9.00. The number of aliphatic hydroxyl groups is 1. The molecule has 2 fully saturated rings. The minimum Gasteiger partial charge on any atom is -0.508 e. The first-order chi connectivity index (χ1) is 14.4. The van der Waals surface area contributed by atoms with E-state index in [0.29, 0.717) is 36.0 Å². The van der Waals surface area contributed by atoms with E-state index in [1.54, 1.807) is 30.3 Å². The van der Waals surface area contributed by atoms with Gasteiger partial charge in [-0.2, -0.15) is 0 Å². The molecule has 2 unspecified atom stereocenters. The maximum atomic E-state index is 13.1. The van der Waals surface area contributed by atoms with Gasteiger partial charge in [-0.1, -0.05) is 29.8 Å². The SMILES string of the molecule is CC1(CO)CN(C(=O)c2ccc(Cl)cc2)CC2CN(Cc3ccccc3O)CCN21. The summed E-state index contributed by atoms with van der Waals surface area (Å²) in [4.78, 5) is 19.7. The molecular weight excluding hydrogens is 402 g/mol. The van der Waals surface area contributed by atoms with Crippen molar-refractivity contribution >= 4 is 17.5 Å². The van der Waals surface area contributed by atoms with Gasteiger partial charge < -0.3 is 15.1 Å². The number of carbonyl (C=O) groups excluding carboxylic acids is 1. The number of rotatable bonds is 4. The van der Waals surface area contributed by atoms with Crippen molar-refractivity contribution in [2.24, 2.45) is 0 Å². The van der Waals surface area contributed by atoms with Crippen molar-refractivity contribution in [2.75, 3.05) is 39.3 Å². The molecule has 6 nitrogen and oxygen atoms in total. The fourth-order valence-electron chi connectivity index (χ4n) is 4.71. The molecular formula is C23H28ClN3O3. The molecule has 7 heteroatoms. The third kappa shape index (κ3) is 4.18. The molecule has 0 aromatic heterocycles. The van der Waals surface area contributed by atoms with E-state index in [9.17, 15) is 15.0 Å². The van der Waals surface area contributed by atoms with Gasteiger partial charge in [-0.15, -0.1) is 0 Å². The molecule has 0 radical (unpaired) electrons. The van der Waals surface area contributed by atoms with Crippen LogP contribution in [0.2, 0.25) is 5.02 Å². The van der Waals surface area contributed by atoms with Crippen LogP contribution in [0.3, 0.4) is 0 Å². The number of hydrogen-bond donors (Lipinski definition) is 2. The highest BCUT2D eigenvalue weighted by Crippen LogP contribution is 2.30. The molecule has 2 aromatic carbocycles. The summed E-state index contributed by atoms with van der Waals surface area (Å²) in [5.41, 5.74) is 1.03. The van der Waals surface area contributed by atoms with Crippen LogP contribution in [0.25, 0.3) is 0 Å². The molecule has 2 atom stereocenters. The Morgan fingerprint density at radius 2 is 1.87 bits per heavy atom. The minimum atomic E-state index is -0.480. The summed E-state index contributed by atoms with van der Waals surface area (Å²) in [6.45, 7) is 6.22. The molecule has 2 aromatic rings. The fraction of sp³-hybridized carbons (Fsp3) is 0.435. The largest absolute Gasteiger partial charge is 0.508 e. The number of halogens is 1. The van der Waals surface area contributed by atoms with E-state index in [2.05, 4.69) is 9.80 Å². The lowest BCUT2D eigenvalue weighted by molar-refractivity contribution is -0.0846. The minimum absolute atomic E-state index is 0.00658. The summed E-state index contributed by atoms with van der Waals surface area (Å²) in [7, 11) is 0. The van der Waals surface area contributed by atoms with Gasteiger partial charge in [-0.3, -0.25) is 14.6 Å². The van der Waals surface area contributed by atoms with Gasteiger partial charge in [0, 0.05) is 61.5 Å². The Bertz CT molecular complexity index is 907. The van der Waals surface area contributed by atoms with E-state index in [1.807, 2.05) is 30.0 Å². The van der Waals surface area contributed by atoms with E-state index in [4.69, 9.17) is 11.6 Å². The summed E-state index contributed by atoms with van der Waals surface area (Å²) >= 11 is 5.97. The van der Waals surface area contributed by atoms with Crippen LogP contribution in [-0.4, -0.2) is 81.7 Å². The molecule has 1 amide bonds. The van der Waals surface area contributed by atoms with E-state index < -0.39 is 5.54 Å². The topological polar surface area (TPSA) is 67.2 Å². The van der Waals surface area contributed by atoms with Crippen LogP contribution in [0.1, 0.15) is 22.8 Å². The van der Waals surface area contributed by atoms with Crippen LogP contribution in [0.5, 0.6) is 5.75 Å².